The first-order valence-corrected chi connectivity index (χ1v) is 12.1. The van der Waals surface area contributed by atoms with E-state index in [1.165, 1.54) is 0 Å². The molecule has 2 nitrogen and oxygen atoms in total. The summed E-state index contributed by atoms with van der Waals surface area (Å²) in [5, 5.41) is 24.0. The minimum absolute atomic E-state index is 0.203. The number of unbranched alkanes of at least 4 members (excludes halogenated alkanes) is 1. The van der Waals surface area contributed by atoms with E-state index in [9.17, 15) is 10.2 Å². The quantitative estimate of drug-likeness (QED) is 0.388. The second-order valence-corrected chi connectivity index (χ2v) is 9.72. The Hall–Kier alpha value is -1.00. The Morgan fingerprint density at radius 1 is 0.821 bits per heavy atom. The molecule has 0 bridgehead atoms. The van der Waals surface area contributed by atoms with Gasteiger partial charge in [-0.2, -0.15) is 0 Å². The van der Waals surface area contributed by atoms with E-state index >= 15 is 0 Å². The van der Waals surface area contributed by atoms with Crippen molar-refractivity contribution in [3.63, 3.8) is 0 Å². The lowest BCUT2D eigenvalue weighted by Crippen LogP contribution is -2.13. The fourth-order valence-electron chi connectivity index (χ4n) is 3.73. The number of phenolic OH excluding ortho intramolecular Hbond substituents is 2. The average Bonchev–Trinajstić information content (AvgIpc) is 2.62. The summed E-state index contributed by atoms with van der Waals surface area (Å²) in [6.07, 6.45) is 2.93. The van der Waals surface area contributed by atoms with Gasteiger partial charge in [0.25, 0.3) is 0 Å². The highest BCUT2D eigenvalue weighted by Gasteiger charge is 2.27. The number of benzene rings is 2. The second kappa shape index (κ2) is 9.21. The van der Waals surface area contributed by atoms with Crippen LogP contribution in [0.2, 0.25) is 0 Å². The molecule has 0 fully saturated rings. The SMILES string of the molecule is CCCCc1cc(CBr)c(C)c(-c2c(C)c(CBr)cc(C(C)(C)C)c2O)c1O. The predicted molar refractivity (Wildman–Crippen MR) is 127 cm³/mol. The molecule has 4 heteroatoms. The third kappa shape index (κ3) is 4.43. The van der Waals surface area contributed by atoms with E-state index < -0.39 is 0 Å². The first-order chi connectivity index (χ1) is 13.1. The van der Waals surface area contributed by atoms with Crippen molar-refractivity contribution in [3.05, 3.63) is 45.5 Å². The van der Waals surface area contributed by atoms with Crippen molar-refractivity contribution in [1.82, 2.24) is 0 Å². The molecule has 0 radical (unpaired) electrons. The summed E-state index contributed by atoms with van der Waals surface area (Å²) >= 11 is 7.20. The van der Waals surface area contributed by atoms with Gasteiger partial charge < -0.3 is 10.2 Å². The molecular formula is C24H32Br2O2. The maximum atomic E-state index is 11.3. The first kappa shape index (κ1) is 23.3. The lowest BCUT2D eigenvalue weighted by Gasteiger charge is -2.27. The molecule has 0 aliphatic rings. The summed E-state index contributed by atoms with van der Waals surface area (Å²) in [7, 11) is 0. The van der Waals surface area contributed by atoms with Crippen LogP contribution in [0, 0.1) is 13.8 Å². The molecule has 0 aliphatic carbocycles. The standard InChI is InChI=1S/C24H32Br2O2/c1-7-8-9-16-10-17(12-25)14(2)20(22(16)27)21-15(3)18(13-26)11-19(23(21)28)24(4,5)6/h10-11,27-28H,7-9,12-13H2,1-6H3. The van der Waals surface area contributed by atoms with Gasteiger partial charge in [-0.3, -0.25) is 0 Å². The van der Waals surface area contributed by atoms with E-state index in [4.69, 9.17) is 0 Å². The molecular weight excluding hydrogens is 480 g/mol. The Labute approximate surface area is 186 Å². The molecule has 2 N–H and O–H groups in total. The molecule has 0 saturated heterocycles. The number of hydrogen-bond acceptors (Lipinski definition) is 2. The zero-order valence-electron chi connectivity index (χ0n) is 17.8. The molecule has 28 heavy (non-hydrogen) atoms. The van der Waals surface area contributed by atoms with E-state index in [2.05, 4.69) is 71.7 Å². The van der Waals surface area contributed by atoms with Gasteiger partial charge in [-0.15, -0.1) is 0 Å². The van der Waals surface area contributed by atoms with E-state index in [1.807, 2.05) is 13.8 Å². The summed E-state index contributed by atoms with van der Waals surface area (Å²) in [4.78, 5) is 0. The second-order valence-electron chi connectivity index (χ2n) is 8.60. The van der Waals surface area contributed by atoms with Crippen LogP contribution in [0.3, 0.4) is 0 Å². The van der Waals surface area contributed by atoms with E-state index in [1.54, 1.807) is 0 Å². The molecule has 2 rings (SSSR count). The summed E-state index contributed by atoms with van der Waals surface area (Å²) in [5.41, 5.74) is 7.50. The van der Waals surface area contributed by atoms with Crippen LogP contribution in [0.15, 0.2) is 12.1 Å². The number of phenols is 2. The number of alkyl halides is 2. The third-order valence-corrected chi connectivity index (χ3v) is 6.77. The van der Waals surface area contributed by atoms with E-state index in [-0.39, 0.29) is 11.2 Å². The van der Waals surface area contributed by atoms with Gasteiger partial charge in [-0.25, -0.2) is 0 Å². The Morgan fingerprint density at radius 3 is 1.79 bits per heavy atom. The molecule has 2 aromatic carbocycles. The molecule has 0 atom stereocenters. The fraction of sp³-hybridized carbons (Fsp3) is 0.500. The van der Waals surface area contributed by atoms with Gasteiger partial charge in [0.2, 0.25) is 0 Å². The lowest BCUT2D eigenvalue weighted by atomic mass is 9.80. The van der Waals surface area contributed by atoms with Gasteiger partial charge in [0.1, 0.15) is 11.5 Å². The number of hydrogen-bond donors (Lipinski definition) is 2. The van der Waals surface area contributed by atoms with Crippen LogP contribution in [0.4, 0.5) is 0 Å². The smallest absolute Gasteiger partial charge is 0.127 e. The summed E-state index contributed by atoms with van der Waals surface area (Å²) in [6, 6.07) is 4.19. The van der Waals surface area contributed by atoms with Crippen LogP contribution in [-0.2, 0) is 22.5 Å². The van der Waals surface area contributed by atoms with Crippen molar-refractivity contribution in [2.24, 2.45) is 0 Å². The van der Waals surface area contributed by atoms with Crippen molar-refractivity contribution in [3.8, 4) is 22.6 Å². The van der Waals surface area contributed by atoms with Crippen LogP contribution in [-0.4, -0.2) is 10.2 Å². The van der Waals surface area contributed by atoms with Gasteiger partial charge in [-0.1, -0.05) is 78.1 Å². The van der Waals surface area contributed by atoms with Crippen molar-refractivity contribution < 1.29 is 10.2 Å². The first-order valence-electron chi connectivity index (χ1n) is 9.90. The van der Waals surface area contributed by atoms with Gasteiger partial charge in [0, 0.05) is 27.4 Å². The topological polar surface area (TPSA) is 40.5 Å². The summed E-state index contributed by atoms with van der Waals surface area (Å²) in [6.45, 7) is 12.5. The molecule has 0 heterocycles. The maximum absolute atomic E-state index is 11.3. The van der Waals surface area contributed by atoms with Crippen LogP contribution in [0.1, 0.15) is 73.9 Å². The van der Waals surface area contributed by atoms with E-state index in [0.717, 1.165) is 69.1 Å². The van der Waals surface area contributed by atoms with Gasteiger partial charge >= 0.3 is 0 Å². The van der Waals surface area contributed by atoms with Crippen LogP contribution >= 0.6 is 31.9 Å². The average molecular weight is 512 g/mol. The summed E-state index contributed by atoms with van der Waals surface area (Å²) < 4.78 is 0. The zero-order valence-corrected chi connectivity index (χ0v) is 21.0. The minimum Gasteiger partial charge on any atom is -0.507 e. The molecule has 0 unspecified atom stereocenters. The monoisotopic (exact) mass is 510 g/mol. The van der Waals surface area contributed by atoms with Crippen molar-refractivity contribution in [2.45, 2.75) is 76.9 Å². The molecule has 0 aliphatic heterocycles. The van der Waals surface area contributed by atoms with Crippen LogP contribution in [0.25, 0.3) is 11.1 Å². The highest BCUT2D eigenvalue weighted by atomic mass is 79.9. The molecule has 0 amide bonds. The molecule has 0 aromatic heterocycles. The Kier molecular flexibility index (Phi) is 7.66. The molecule has 154 valence electrons. The fourth-order valence-corrected chi connectivity index (χ4v) is 4.89. The Morgan fingerprint density at radius 2 is 1.32 bits per heavy atom. The van der Waals surface area contributed by atoms with Gasteiger partial charge in [0.05, 0.1) is 0 Å². The molecule has 0 spiro atoms. The minimum atomic E-state index is -0.203. The molecule has 0 saturated carbocycles. The largest absolute Gasteiger partial charge is 0.507 e. The zero-order chi connectivity index (χ0) is 21.2. The lowest BCUT2D eigenvalue weighted by molar-refractivity contribution is 0.445. The molecule has 2 aromatic rings. The summed E-state index contributed by atoms with van der Waals surface area (Å²) in [5.74, 6) is 0.585. The van der Waals surface area contributed by atoms with Crippen LogP contribution < -0.4 is 0 Å². The van der Waals surface area contributed by atoms with Gasteiger partial charge in [-0.05, 0) is 59.9 Å². The number of halogens is 2. The maximum Gasteiger partial charge on any atom is 0.127 e. The number of rotatable bonds is 6. The van der Waals surface area contributed by atoms with Crippen molar-refractivity contribution in [2.75, 3.05) is 0 Å². The van der Waals surface area contributed by atoms with E-state index in [0.29, 0.717) is 11.1 Å². The highest BCUT2D eigenvalue weighted by Crippen LogP contribution is 2.48. The van der Waals surface area contributed by atoms with Crippen LogP contribution in [0.5, 0.6) is 11.5 Å². The third-order valence-electron chi connectivity index (χ3n) is 5.56. The Balaban J connectivity index is 2.94. The Bertz CT molecular complexity index is 864. The van der Waals surface area contributed by atoms with Gasteiger partial charge in [0.15, 0.2) is 0 Å². The normalized spacial score (nSPS) is 11.9. The van der Waals surface area contributed by atoms with Crippen molar-refractivity contribution in [1.29, 1.82) is 0 Å². The predicted octanol–water partition coefficient (Wildman–Crippen LogP) is 7.81. The number of aryl methyl sites for hydroxylation is 1. The highest BCUT2D eigenvalue weighted by molar-refractivity contribution is 9.08. The number of aromatic hydroxyl groups is 2. The van der Waals surface area contributed by atoms with Crippen molar-refractivity contribution >= 4 is 31.9 Å².